The lowest BCUT2D eigenvalue weighted by Gasteiger charge is -2.05. The molecule has 0 aliphatic heterocycles. The molecule has 7 heteroatoms. The number of ether oxygens (including phenoxy) is 3. The quantitative estimate of drug-likeness (QED) is 0.304. The van der Waals surface area contributed by atoms with Gasteiger partial charge < -0.3 is 19.9 Å². The third kappa shape index (κ3) is 12.9. The van der Waals surface area contributed by atoms with Crippen LogP contribution < -0.4 is 11.3 Å². The zero-order valence-corrected chi connectivity index (χ0v) is 9.39. The summed E-state index contributed by atoms with van der Waals surface area (Å²) in [5, 5.41) is 3.39. The first-order chi connectivity index (χ1) is 7.77. The van der Waals surface area contributed by atoms with Crippen molar-refractivity contribution in [1.29, 1.82) is 0 Å². The van der Waals surface area contributed by atoms with Gasteiger partial charge in [0, 0.05) is 6.42 Å². The van der Waals surface area contributed by atoms with Crippen molar-refractivity contribution in [3.8, 4) is 0 Å². The van der Waals surface area contributed by atoms with Crippen molar-refractivity contribution in [3.63, 3.8) is 0 Å². The maximum atomic E-state index is 10.3. The van der Waals surface area contributed by atoms with Crippen molar-refractivity contribution in [1.82, 2.24) is 0 Å². The number of hydrogen-bond donors (Lipinski definition) is 2. The zero-order valence-electron chi connectivity index (χ0n) is 9.39. The van der Waals surface area contributed by atoms with E-state index in [0.29, 0.717) is 46.2 Å². The molecule has 0 unspecified atom stereocenters. The summed E-state index contributed by atoms with van der Waals surface area (Å²) in [7, 11) is 0. The van der Waals surface area contributed by atoms with Crippen molar-refractivity contribution >= 4 is 5.91 Å². The predicted molar refractivity (Wildman–Crippen MR) is 55.5 cm³/mol. The third-order valence-corrected chi connectivity index (χ3v) is 1.60. The molecule has 0 aromatic carbocycles. The first-order valence-electron chi connectivity index (χ1n) is 5.15. The number of amides is 1. The van der Waals surface area contributed by atoms with E-state index in [2.05, 4.69) is 5.11 Å². The Balaban J connectivity index is 2.93. The second-order valence-corrected chi connectivity index (χ2v) is 2.96. The van der Waals surface area contributed by atoms with Crippen LogP contribution in [0.3, 0.4) is 0 Å². The maximum Gasteiger partial charge on any atom is 0.219 e. The SMILES string of the molecule is NC(=O)CCOCCOCCOCCN=[NH2+]. The lowest BCUT2D eigenvalue weighted by molar-refractivity contribution is -0.223. The number of primary amides is 1. The first kappa shape index (κ1) is 14.9. The van der Waals surface area contributed by atoms with Gasteiger partial charge in [0.2, 0.25) is 5.91 Å². The lowest BCUT2D eigenvalue weighted by Crippen LogP contribution is -2.25. The molecule has 94 valence electrons. The molecule has 7 nitrogen and oxygen atoms in total. The summed E-state index contributed by atoms with van der Waals surface area (Å²) in [6.07, 6.45) is 0.242. The number of nitrogens with two attached hydrogens (primary N) is 2. The average Bonchev–Trinajstić information content (AvgIpc) is 2.25. The summed E-state index contributed by atoms with van der Waals surface area (Å²) >= 11 is 0. The van der Waals surface area contributed by atoms with Crippen LogP contribution >= 0.6 is 0 Å². The van der Waals surface area contributed by atoms with E-state index in [1.54, 1.807) is 0 Å². The summed E-state index contributed by atoms with van der Waals surface area (Å²) in [6.45, 7) is 3.29. The number of hydrogen-bond acceptors (Lipinski definition) is 5. The molecule has 1 amide bonds. The topological polar surface area (TPSA) is 109 Å². The molecule has 0 aromatic rings. The van der Waals surface area contributed by atoms with E-state index >= 15 is 0 Å². The second kappa shape index (κ2) is 12.0. The fourth-order valence-electron chi connectivity index (χ4n) is 0.832. The monoisotopic (exact) mass is 234 g/mol. The normalized spacial score (nSPS) is 10.2. The highest BCUT2D eigenvalue weighted by Crippen LogP contribution is 1.83. The smallest absolute Gasteiger partial charge is 0.219 e. The van der Waals surface area contributed by atoms with Gasteiger partial charge in [0.1, 0.15) is 6.54 Å². The van der Waals surface area contributed by atoms with Crippen molar-refractivity contribution in [2.24, 2.45) is 10.8 Å². The number of nitrogens with zero attached hydrogens (tertiary/aromatic N) is 1. The molecule has 4 N–H and O–H groups in total. The molecule has 0 atom stereocenters. The number of rotatable bonds is 12. The average molecular weight is 234 g/mol. The summed E-state index contributed by atoms with van der Waals surface area (Å²) in [5.74, 6) is -0.361. The fourth-order valence-corrected chi connectivity index (χ4v) is 0.832. The van der Waals surface area contributed by atoms with Gasteiger partial charge in [-0.1, -0.05) is 0 Å². The van der Waals surface area contributed by atoms with Crippen LogP contribution in [0.2, 0.25) is 0 Å². The van der Waals surface area contributed by atoms with Gasteiger partial charge in [0.05, 0.1) is 39.6 Å². The first-order valence-corrected chi connectivity index (χ1v) is 5.15. The largest absolute Gasteiger partial charge is 0.379 e. The maximum absolute atomic E-state index is 10.3. The van der Waals surface area contributed by atoms with Crippen molar-refractivity contribution in [2.75, 3.05) is 46.2 Å². The van der Waals surface area contributed by atoms with Gasteiger partial charge in [-0.2, -0.15) is 5.53 Å². The lowest BCUT2D eigenvalue weighted by atomic mass is 10.4. The highest BCUT2D eigenvalue weighted by atomic mass is 16.5. The van der Waals surface area contributed by atoms with Crippen LogP contribution in [0.5, 0.6) is 0 Å². The molecule has 0 aliphatic rings. The van der Waals surface area contributed by atoms with Gasteiger partial charge in [0.25, 0.3) is 0 Å². The van der Waals surface area contributed by atoms with Gasteiger partial charge in [-0.15, -0.1) is 0 Å². The molecule has 0 aliphatic carbocycles. The molecule has 0 rings (SSSR count). The highest BCUT2D eigenvalue weighted by Gasteiger charge is 1.94. The standard InChI is InChI=1S/C9H19N3O4/c10-9(13)1-3-14-5-7-16-8-6-15-4-2-12-11/h11H,1-8H2,(H2,10,13)/p+1. The number of carbonyl (C=O) groups is 1. The summed E-state index contributed by atoms with van der Waals surface area (Å²) in [5.41, 5.74) is 9.85. The van der Waals surface area contributed by atoms with Gasteiger partial charge in [-0.25, -0.2) is 0 Å². The molecule has 0 fully saturated rings. The van der Waals surface area contributed by atoms with E-state index in [1.807, 2.05) is 0 Å². The number of carbonyl (C=O) groups excluding carboxylic acids is 1. The van der Waals surface area contributed by atoms with Gasteiger partial charge in [0.15, 0.2) is 0 Å². The van der Waals surface area contributed by atoms with Crippen LogP contribution in [-0.2, 0) is 19.0 Å². The Morgan fingerprint density at radius 3 is 2.00 bits per heavy atom. The predicted octanol–water partition coefficient (Wildman–Crippen LogP) is -1.88. The van der Waals surface area contributed by atoms with Gasteiger partial charge in [-0.05, 0) is 5.11 Å². The second-order valence-electron chi connectivity index (χ2n) is 2.96. The third-order valence-electron chi connectivity index (χ3n) is 1.60. The van der Waals surface area contributed by atoms with Crippen molar-refractivity contribution in [3.05, 3.63) is 0 Å². The fraction of sp³-hybridized carbons (Fsp3) is 0.889. The summed E-state index contributed by atoms with van der Waals surface area (Å²) < 4.78 is 15.4. The van der Waals surface area contributed by atoms with Crippen LogP contribution in [0, 0.1) is 0 Å². The van der Waals surface area contributed by atoms with Crippen LogP contribution in [0.25, 0.3) is 0 Å². The molecule has 0 saturated carbocycles. The van der Waals surface area contributed by atoms with Crippen LogP contribution in [0.15, 0.2) is 5.11 Å². The minimum atomic E-state index is -0.361. The molecule has 0 saturated heterocycles. The van der Waals surface area contributed by atoms with Crippen LogP contribution in [-0.4, -0.2) is 52.1 Å². The minimum Gasteiger partial charge on any atom is -0.379 e. The summed E-state index contributed by atoms with van der Waals surface area (Å²) in [6, 6.07) is 0. The minimum absolute atomic E-state index is 0.242. The van der Waals surface area contributed by atoms with E-state index in [1.165, 1.54) is 0 Å². The highest BCUT2D eigenvalue weighted by molar-refractivity contribution is 5.73. The molecule has 0 radical (unpaired) electrons. The molecule has 0 aromatic heterocycles. The molecular weight excluding hydrogens is 214 g/mol. The van der Waals surface area contributed by atoms with Crippen LogP contribution in [0.4, 0.5) is 0 Å². The Labute approximate surface area is 94.7 Å². The zero-order chi connectivity index (χ0) is 12.1. The van der Waals surface area contributed by atoms with E-state index in [0.717, 1.165) is 0 Å². The van der Waals surface area contributed by atoms with E-state index in [4.69, 9.17) is 25.5 Å². The Bertz CT molecular complexity index is 190. The van der Waals surface area contributed by atoms with E-state index < -0.39 is 0 Å². The Morgan fingerprint density at radius 2 is 1.50 bits per heavy atom. The Kier molecular flexibility index (Phi) is 11.2. The molecule has 0 bridgehead atoms. The Morgan fingerprint density at radius 1 is 1.00 bits per heavy atom. The molecule has 0 heterocycles. The van der Waals surface area contributed by atoms with Crippen LogP contribution in [0.1, 0.15) is 6.42 Å². The Hall–Kier alpha value is -1.05. The molecule has 0 spiro atoms. The van der Waals surface area contributed by atoms with Crippen molar-refractivity contribution < 1.29 is 24.5 Å². The summed E-state index contributed by atoms with van der Waals surface area (Å²) in [4.78, 5) is 10.3. The van der Waals surface area contributed by atoms with Gasteiger partial charge in [-0.3, -0.25) is 4.79 Å². The van der Waals surface area contributed by atoms with E-state index in [-0.39, 0.29) is 12.3 Å². The molecular formula is C9H20N3O4+. The van der Waals surface area contributed by atoms with Crippen molar-refractivity contribution in [2.45, 2.75) is 6.42 Å². The van der Waals surface area contributed by atoms with Gasteiger partial charge >= 0.3 is 0 Å². The molecule has 16 heavy (non-hydrogen) atoms. The van der Waals surface area contributed by atoms with E-state index in [9.17, 15) is 4.79 Å².